The highest BCUT2D eigenvalue weighted by Gasteiger charge is 2.30. The summed E-state index contributed by atoms with van der Waals surface area (Å²) in [5.41, 5.74) is -3.24. The second-order valence-corrected chi connectivity index (χ2v) is 7.93. The molecule has 0 bridgehead atoms. The van der Waals surface area contributed by atoms with Crippen LogP contribution in [0.4, 0.5) is 48.3 Å². The lowest BCUT2D eigenvalue weighted by Gasteiger charge is -2.20. The molecular formula is C26H7F11. The summed E-state index contributed by atoms with van der Waals surface area (Å²) in [6.07, 6.45) is 0. The maximum Gasteiger partial charge on any atom is 0.198 e. The SMILES string of the molecule is Fc1cc(-c2c3cccc(F)c3c(-c3cc(F)c(F)c(F)c3)c3c(F)c(F)c(F)c(F)c23)cc(F)c1F. The van der Waals surface area contributed by atoms with E-state index in [4.69, 9.17) is 0 Å². The summed E-state index contributed by atoms with van der Waals surface area (Å²) in [6, 6.07) is 4.00. The lowest BCUT2D eigenvalue weighted by atomic mass is 9.85. The van der Waals surface area contributed by atoms with Gasteiger partial charge in [0.1, 0.15) is 5.82 Å². The van der Waals surface area contributed by atoms with E-state index in [1.165, 1.54) is 0 Å². The Balaban J connectivity index is 2.15. The third kappa shape index (κ3) is 3.52. The van der Waals surface area contributed by atoms with Crippen molar-refractivity contribution in [2.45, 2.75) is 0 Å². The van der Waals surface area contributed by atoms with E-state index in [2.05, 4.69) is 0 Å². The smallest absolute Gasteiger partial charge is 0.198 e. The Morgan fingerprint density at radius 1 is 0.351 bits per heavy atom. The summed E-state index contributed by atoms with van der Waals surface area (Å²) in [5.74, 6) is -21.5. The van der Waals surface area contributed by atoms with Crippen LogP contribution in [-0.4, -0.2) is 0 Å². The molecule has 0 aliphatic rings. The van der Waals surface area contributed by atoms with Crippen LogP contribution in [0.5, 0.6) is 0 Å². The highest BCUT2D eigenvalue weighted by atomic mass is 19.2. The molecule has 0 fully saturated rings. The summed E-state index contributed by atoms with van der Waals surface area (Å²) in [4.78, 5) is 0. The zero-order chi connectivity index (χ0) is 26.9. The molecule has 0 saturated heterocycles. The van der Waals surface area contributed by atoms with Crippen LogP contribution in [0.25, 0.3) is 43.8 Å². The molecule has 11 heteroatoms. The first-order valence-corrected chi connectivity index (χ1v) is 10.1. The first-order chi connectivity index (χ1) is 17.4. The van der Waals surface area contributed by atoms with E-state index >= 15 is 13.2 Å². The van der Waals surface area contributed by atoms with Crippen LogP contribution in [0.1, 0.15) is 0 Å². The first kappa shape index (κ1) is 24.5. The van der Waals surface area contributed by atoms with Gasteiger partial charge in [-0.25, -0.2) is 48.3 Å². The number of halogens is 11. The highest BCUT2D eigenvalue weighted by molar-refractivity contribution is 6.21. The maximum absolute atomic E-state index is 15.3. The van der Waals surface area contributed by atoms with Crippen molar-refractivity contribution >= 4 is 21.5 Å². The molecule has 0 N–H and O–H groups in total. The topological polar surface area (TPSA) is 0 Å². The second kappa shape index (κ2) is 8.46. The monoisotopic (exact) mass is 528 g/mol. The summed E-state index contributed by atoms with van der Waals surface area (Å²) in [6.45, 7) is 0. The number of fused-ring (bicyclic) bond motifs is 2. The molecule has 0 aliphatic carbocycles. The molecule has 37 heavy (non-hydrogen) atoms. The van der Waals surface area contributed by atoms with E-state index in [9.17, 15) is 35.1 Å². The van der Waals surface area contributed by atoms with Gasteiger partial charge in [0, 0.05) is 27.3 Å². The highest BCUT2D eigenvalue weighted by Crippen LogP contribution is 2.48. The molecular weight excluding hydrogens is 521 g/mol. The van der Waals surface area contributed by atoms with Crippen molar-refractivity contribution in [1.29, 1.82) is 0 Å². The van der Waals surface area contributed by atoms with E-state index < -0.39 is 108 Å². The summed E-state index contributed by atoms with van der Waals surface area (Å²) in [7, 11) is 0. The largest absolute Gasteiger partial charge is 0.206 e. The number of benzene rings is 5. The molecule has 0 radical (unpaired) electrons. The quantitative estimate of drug-likeness (QED) is 0.0930. The molecule has 0 aromatic heterocycles. The predicted molar refractivity (Wildman–Crippen MR) is 112 cm³/mol. The Kier molecular flexibility index (Phi) is 5.61. The van der Waals surface area contributed by atoms with Gasteiger partial charge in [0.05, 0.1) is 0 Å². The molecule has 188 valence electrons. The zero-order valence-corrected chi connectivity index (χ0v) is 17.7. The minimum absolute atomic E-state index is 0.286. The van der Waals surface area contributed by atoms with Crippen LogP contribution in [0.2, 0.25) is 0 Å². The second-order valence-electron chi connectivity index (χ2n) is 7.93. The first-order valence-electron chi connectivity index (χ1n) is 10.1. The van der Waals surface area contributed by atoms with Crippen molar-refractivity contribution in [2.75, 3.05) is 0 Å². The molecule has 0 spiro atoms. The van der Waals surface area contributed by atoms with Gasteiger partial charge in [-0.2, -0.15) is 0 Å². The summed E-state index contributed by atoms with van der Waals surface area (Å²) >= 11 is 0. The predicted octanol–water partition coefficient (Wildman–Crippen LogP) is 8.86. The van der Waals surface area contributed by atoms with Gasteiger partial charge in [-0.1, -0.05) is 12.1 Å². The summed E-state index contributed by atoms with van der Waals surface area (Å²) in [5, 5.41) is -3.77. The third-order valence-electron chi connectivity index (χ3n) is 5.85. The molecule has 0 aliphatic heterocycles. The lowest BCUT2D eigenvalue weighted by Crippen LogP contribution is -2.04. The van der Waals surface area contributed by atoms with Crippen molar-refractivity contribution < 1.29 is 48.3 Å². The molecule has 0 nitrogen and oxygen atoms in total. The fourth-order valence-electron chi connectivity index (χ4n) is 4.34. The van der Waals surface area contributed by atoms with Crippen LogP contribution >= 0.6 is 0 Å². The Bertz CT molecular complexity index is 1740. The molecule has 0 saturated carbocycles. The van der Waals surface area contributed by atoms with Crippen molar-refractivity contribution in [3.63, 3.8) is 0 Å². The maximum atomic E-state index is 15.3. The lowest BCUT2D eigenvalue weighted by molar-refractivity contribution is 0.418. The molecule has 0 atom stereocenters. The van der Waals surface area contributed by atoms with E-state index in [-0.39, 0.29) is 12.1 Å². The van der Waals surface area contributed by atoms with E-state index in [0.717, 1.165) is 18.2 Å². The zero-order valence-electron chi connectivity index (χ0n) is 17.7. The molecule has 5 rings (SSSR count). The van der Waals surface area contributed by atoms with Crippen molar-refractivity contribution in [3.05, 3.63) is 106 Å². The average molecular weight is 528 g/mol. The molecule has 0 amide bonds. The minimum atomic E-state index is -2.40. The van der Waals surface area contributed by atoms with Gasteiger partial charge in [-0.3, -0.25) is 0 Å². The van der Waals surface area contributed by atoms with Gasteiger partial charge in [-0.05, 0) is 46.8 Å². The van der Waals surface area contributed by atoms with Crippen LogP contribution in [0.15, 0.2) is 42.5 Å². The Hall–Kier alpha value is -4.15. The fraction of sp³-hybridized carbons (Fsp3) is 0. The Labute approximate surface area is 199 Å². The van der Waals surface area contributed by atoms with E-state index in [1.54, 1.807) is 0 Å². The van der Waals surface area contributed by atoms with Gasteiger partial charge in [-0.15, -0.1) is 0 Å². The van der Waals surface area contributed by atoms with Gasteiger partial charge < -0.3 is 0 Å². The van der Waals surface area contributed by atoms with Gasteiger partial charge in [0.25, 0.3) is 0 Å². The minimum Gasteiger partial charge on any atom is -0.206 e. The van der Waals surface area contributed by atoms with Gasteiger partial charge in [0.2, 0.25) is 0 Å². The third-order valence-corrected chi connectivity index (χ3v) is 5.85. The molecule has 5 aromatic carbocycles. The molecule has 0 heterocycles. The van der Waals surface area contributed by atoms with Crippen molar-refractivity contribution in [2.24, 2.45) is 0 Å². The standard InChI is InChI=1S/C26H7F11/c27-11-3-1-2-10-16(8-4-12(28)21(32)13(29)5-8)19-20(24(35)26(37)25(36)23(19)34)17(18(10)11)9-6-14(30)22(33)15(31)7-9/h1-7H. The normalized spacial score (nSPS) is 11.6. The number of hydrogen-bond acceptors (Lipinski definition) is 0. The van der Waals surface area contributed by atoms with Crippen molar-refractivity contribution in [3.8, 4) is 22.3 Å². The number of hydrogen-bond donors (Lipinski definition) is 0. The fourth-order valence-corrected chi connectivity index (χ4v) is 4.34. The number of rotatable bonds is 2. The Morgan fingerprint density at radius 2 is 0.757 bits per heavy atom. The van der Waals surface area contributed by atoms with Crippen LogP contribution in [0, 0.1) is 64.0 Å². The molecule has 0 unspecified atom stereocenters. The van der Waals surface area contributed by atoms with Gasteiger partial charge in [0.15, 0.2) is 58.2 Å². The molecule has 5 aromatic rings. The average Bonchev–Trinajstić information content (AvgIpc) is 2.86. The van der Waals surface area contributed by atoms with Gasteiger partial charge >= 0.3 is 0 Å². The Morgan fingerprint density at radius 3 is 1.22 bits per heavy atom. The van der Waals surface area contributed by atoms with E-state index in [1.807, 2.05) is 0 Å². The van der Waals surface area contributed by atoms with Crippen LogP contribution < -0.4 is 0 Å². The van der Waals surface area contributed by atoms with Crippen LogP contribution in [-0.2, 0) is 0 Å². The van der Waals surface area contributed by atoms with E-state index in [0.29, 0.717) is 12.1 Å². The van der Waals surface area contributed by atoms with Crippen molar-refractivity contribution in [1.82, 2.24) is 0 Å². The van der Waals surface area contributed by atoms with Crippen LogP contribution in [0.3, 0.4) is 0 Å². The summed E-state index contributed by atoms with van der Waals surface area (Å²) < 4.78 is 158.